The molecule has 4 nitrogen and oxygen atoms in total. The van der Waals surface area contributed by atoms with Gasteiger partial charge in [0.15, 0.2) is 0 Å². The number of nitrogens with zero attached hydrogens (tertiary/aromatic N) is 1. The Morgan fingerprint density at radius 1 is 1.32 bits per heavy atom. The van der Waals surface area contributed by atoms with E-state index in [2.05, 4.69) is 41.5 Å². The number of benzene rings is 1. The summed E-state index contributed by atoms with van der Waals surface area (Å²) in [5.41, 5.74) is 2.18. The van der Waals surface area contributed by atoms with Crippen molar-refractivity contribution < 1.29 is 4.79 Å². The van der Waals surface area contributed by atoms with Gasteiger partial charge in [0.2, 0.25) is 5.91 Å². The summed E-state index contributed by atoms with van der Waals surface area (Å²) in [6.07, 6.45) is 1.18. The number of hydrogen-bond acceptors (Lipinski definition) is 3. The molecule has 2 rings (SSSR count). The Morgan fingerprint density at radius 3 is 2.59 bits per heavy atom. The highest BCUT2D eigenvalue weighted by molar-refractivity contribution is 5.92. The van der Waals surface area contributed by atoms with Crippen LogP contribution in [0.2, 0.25) is 0 Å². The van der Waals surface area contributed by atoms with E-state index in [4.69, 9.17) is 0 Å². The quantitative estimate of drug-likeness (QED) is 0.845. The fraction of sp³-hybridized carbons (Fsp3) is 0.588. The molecule has 124 valence electrons. The van der Waals surface area contributed by atoms with Crippen molar-refractivity contribution in [3.05, 3.63) is 29.8 Å². The standard InChI is InChI=1S/C17H27N3O.ClH/c1-13(2)15-4-6-16(7-5-15)19-17(21)12-20-9-8-14(11-20)10-18-3;/h4-7,13-14,18H,8-12H2,1-3H3,(H,19,21);1H. The van der Waals surface area contributed by atoms with Crippen LogP contribution in [0.25, 0.3) is 0 Å². The molecule has 22 heavy (non-hydrogen) atoms. The lowest BCUT2D eigenvalue weighted by Gasteiger charge is -2.16. The zero-order valence-electron chi connectivity index (χ0n) is 13.8. The van der Waals surface area contributed by atoms with Crippen LogP contribution in [0.5, 0.6) is 0 Å². The van der Waals surface area contributed by atoms with Crippen molar-refractivity contribution in [2.24, 2.45) is 5.92 Å². The van der Waals surface area contributed by atoms with Crippen LogP contribution < -0.4 is 10.6 Å². The van der Waals surface area contributed by atoms with Gasteiger partial charge in [0.05, 0.1) is 6.54 Å². The van der Waals surface area contributed by atoms with Crippen LogP contribution in [0.1, 0.15) is 31.7 Å². The Balaban J connectivity index is 0.00000242. The first kappa shape index (κ1) is 18.9. The Labute approximate surface area is 140 Å². The second-order valence-electron chi connectivity index (χ2n) is 6.27. The summed E-state index contributed by atoms with van der Waals surface area (Å²) in [6.45, 7) is 7.90. The molecule has 1 atom stereocenters. The van der Waals surface area contributed by atoms with Gasteiger partial charge in [0, 0.05) is 12.2 Å². The van der Waals surface area contributed by atoms with E-state index in [1.54, 1.807) is 0 Å². The van der Waals surface area contributed by atoms with Crippen molar-refractivity contribution in [2.45, 2.75) is 26.2 Å². The van der Waals surface area contributed by atoms with Gasteiger partial charge in [0.25, 0.3) is 0 Å². The third kappa shape index (κ3) is 5.59. The van der Waals surface area contributed by atoms with Crippen LogP contribution in [0.4, 0.5) is 5.69 Å². The Morgan fingerprint density at radius 2 is 2.00 bits per heavy atom. The molecule has 1 amide bonds. The van der Waals surface area contributed by atoms with Gasteiger partial charge in [-0.05, 0) is 56.1 Å². The summed E-state index contributed by atoms with van der Waals surface area (Å²) >= 11 is 0. The third-order valence-electron chi connectivity index (χ3n) is 4.09. The van der Waals surface area contributed by atoms with Gasteiger partial charge in [-0.15, -0.1) is 12.4 Å². The molecule has 0 spiro atoms. The molecule has 0 radical (unpaired) electrons. The molecular weight excluding hydrogens is 298 g/mol. The Kier molecular flexibility index (Phi) is 7.87. The highest BCUT2D eigenvalue weighted by atomic mass is 35.5. The smallest absolute Gasteiger partial charge is 0.238 e. The molecule has 0 aliphatic carbocycles. The van der Waals surface area contributed by atoms with Gasteiger partial charge < -0.3 is 10.6 Å². The van der Waals surface area contributed by atoms with Gasteiger partial charge in [-0.2, -0.15) is 0 Å². The van der Waals surface area contributed by atoms with Gasteiger partial charge in [0.1, 0.15) is 0 Å². The first-order chi connectivity index (χ1) is 10.1. The minimum Gasteiger partial charge on any atom is -0.325 e. The summed E-state index contributed by atoms with van der Waals surface area (Å²) < 4.78 is 0. The first-order valence-corrected chi connectivity index (χ1v) is 7.85. The Hall–Kier alpha value is -1.10. The lowest BCUT2D eigenvalue weighted by molar-refractivity contribution is -0.117. The summed E-state index contributed by atoms with van der Waals surface area (Å²) in [5, 5.41) is 6.20. The number of halogens is 1. The van der Waals surface area contributed by atoms with E-state index in [-0.39, 0.29) is 18.3 Å². The van der Waals surface area contributed by atoms with Crippen LogP contribution >= 0.6 is 12.4 Å². The molecule has 0 bridgehead atoms. The summed E-state index contributed by atoms with van der Waals surface area (Å²) in [6, 6.07) is 8.14. The van der Waals surface area contributed by atoms with Crippen LogP contribution in [0.3, 0.4) is 0 Å². The second kappa shape index (κ2) is 9.13. The molecule has 1 heterocycles. The average molecular weight is 326 g/mol. The van der Waals surface area contributed by atoms with E-state index >= 15 is 0 Å². The zero-order chi connectivity index (χ0) is 15.2. The number of rotatable bonds is 6. The van der Waals surface area contributed by atoms with E-state index < -0.39 is 0 Å². The summed E-state index contributed by atoms with van der Waals surface area (Å²) in [4.78, 5) is 14.3. The average Bonchev–Trinajstić information content (AvgIpc) is 2.87. The highest BCUT2D eigenvalue weighted by Crippen LogP contribution is 2.18. The molecule has 0 saturated carbocycles. The van der Waals surface area contributed by atoms with Gasteiger partial charge in [-0.25, -0.2) is 0 Å². The monoisotopic (exact) mass is 325 g/mol. The lowest BCUT2D eigenvalue weighted by atomic mass is 10.0. The molecule has 0 aromatic heterocycles. The highest BCUT2D eigenvalue weighted by Gasteiger charge is 2.23. The van der Waals surface area contributed by atoms with Crippen LogP contribution in [-0.2, 0) is 4.79 Å². The molecule has 1 aliphatic rings. The number of carbonyl (C=O) groups is 1. The van der Waals surface area contributed by atoms with Gasteiger partial charge >= 0.3 is 0 Å². The predicted molar refractivity (Wildman–Crippen MR) is 94.9 cm³/mol. The van der Waals surface area contributed by atoms with Crippen LogP contribution in [0, 0.1) is 5.92 Å². The molecular formula is C17H28ClN3O. The van der Waals surface area contributed by atoms with Gasteiger partial charge in [-0.3, -0.25) is 9.69 Å². The molecule has 1 unspecified atom stereocenters. The number of hydrogen-bond donors (Lipinski definition) is 2. The maximum absolute atomic E-state index is 12.1. The molecule has 1 aromatic rings. The number of nitrogens with one attached hydrogen (secondary N) is 2. The fourth-order valence-corrected chi connectivity index (χ4v) is 2.87. The zero-order valence-corrected chi connectivity index (χ0v) is 14.6. The number of amides is 1. The van der Waals surface area contributed by atoms with Crippen LogP contribution in [-0.4, -0.2) is 44.0 Å². The second-order valence-corrected chi connectivity index (χ2v) is 6.27. The van der Waals surface area contributed by atoms with E-state index in [0.717, 1.165) is 25.3 Å². The largest absolute Gasteiger partial charge is 0.325 e. The molecule has 1 saturated heterocycles. The minimum atomic E-state index is 0. The fourth-order valence-electron chi connectivity index (χ4n) is 2.87. The maximum atomic E-state index is 12.1. The van der Waals surface area contributed by atoms with E-state index in [9.17, 15) is 4.79 Å². The number of carbonyl (C=O) groups excluding carboxylic acids is 1. The minimum absolute atomic E-state index is 0. The first-order valence-electron chi connectivity index (χ1n) is 7.85. The van der Waals surface area contributed by atoms with E-state index in [1.807, 2.05) is 19.2 Å². The number of likely N-dealkylation sites (tertiary alicyclic amines) is 1. The molecule has 1 aromatic carbocycles. The molecule has 5 heteroatoms. The van der Waals surface area contributed by atoms with Crippen molar-refractivity contribution in [1.29, 1.82) is 0 Å². The van der Waals surface area contributed by atoms with Crippen molar-refractivity contribution in [3.63, 3.8) is 0 Å². The predicted octanol–water partition coefficient (Wildman–Crippen LogP) is 2.71. The molecule has 2 N–H and O–H groups in total. The third-order valence-corrected chi connectivity index (χ3v) is 4.09. The molecule has 1 aliphatic heterocycles. The van der Waals surface area contributed by atoms with E-state index in [1.165, 1.54) is 12.0 Å². The van der Waals surface area contributed by atoms with Crippen molar-refractivity contribution in [1.82, 2.24) is 10.2 Å². The van der Waals surface area contributed by atoms with Gasteiger partial charge in [-0.1, -0.05) is 26.0 Å². The van der Waals surface area contributed by atoms with Crippen molar-refractivity contribution in [3.8, 4) is 0 Å². The van der Waals surface area contributed by atoms with Crippen molar-refractivity contribution >= 4 is 24.0 Å². The molecule has 1 fully saturated rings. The maximum Gasteiger partial charge on any atom is 0.238 e. The normalized spacial score (nSPS) is 18.3. The van der Waals surface area contributed by atoms with Crippen molar-refractivity contribution in [2.75, 3.05) is 38.5 Å². The summed E-state index contributed by atoms with van der Waals surface area (Å²) in [7, 11) is 1.98. The number of anilines is 1. The summed E-state index contributed by atoms with van der Waals surface area (Å²) in [5.74, 6) is 1.27. The van der Waals surface area contributed by atoms with Crippen LogP contribution in [0.15, 0.2) is 24.3 Å². The Bertz CT molecular complexity index is 461. The van der Waals surface area contributed by atoms with E-state index in [0.29, 0.717) is 18.4 Å². The topological polar surface area (TPSA) is 44.4 Å². The lowest BCUT2D eigenvalue weighted by Crippen LogP contribution is -2.32. The SMILES string of the molecule is CNCC1CCN(CC(=O)Nc2ccc(C(C)C)cc2)C1.Cl.